The maximum atomic E-state index is 14.2. The van der Waals surface area contributed by atoms with E-state index in [0.29, 0.717) is 25.8 Å². The van der Waals surface area contributed by atoms with Crippen LogP contribution in [0.25, 0.3) is 10.9 Å². The minimum atomic E-state index is -0.855. The Morgan fingerprint density at radius 3 is 2.29 bits per heavy atom. The van der Waals surface area contributed by atoms with E-state index in [2.05, 4.69) is 6.92 Å². The average molecular weight is 453 g/mol. The predicted octanol–water partition coefficient (Wildman–Crippen LogP) is 5.45. The molecule has 1 N–H and O–H groups in total. The lowest BCUT2D eigenvalue weighted by Gasteiger charge is -2.38. The summed E-state index contributed by atoms with van der Waals surface area (Å²) < 4.78 is 1.91. The van der Waals surface area contributed by atoms with E-state index in [9.17, 15) is 14.7 Å². The largest absolute Gasteiger partial charge is 0.480 e. The minimum absolute atomic E-state index is 0.0648. The fraction of sp³-hybridized carbons (Fsp3) is 0.241. The molecule has 1 amide bonds. The average Bonchev–Trinajstić information content (AvgIpc) is 3.15. The first-order chi connectivity index (χ1) is 16.5. The molecular formula is C29H28N2O3. The molecule has 172 valence electrons. The van der Waals surface area contributed by atoms with Crippen LogP contribution in [0.5, 0.6) is 0 Å². The summed E-state index contributed by atoms with van der Waals surface area (Å²) in [4.78, 5) is 27.6. The number of carbonyl (C=O) groups excluding carboxylic acids is 1. The summed E-state index contributed by atoms with van der Waals surface area (Å²) in [6.07, 6.45) is 1.94. The number of carboxylic acids is 1. The first-order valence-corrected chi connectivity index (χ1v) is 11.7. The lowest BCUT2D eigenvalue weighted by atomic mass is 9.73. The van der Waals surface area contributed by atoms with E-state index in [1.54, 1.807) is 0 Å². The van der Waals surface area contributed by atoms with Gasteiger partial charge in [-0.2, -0.15) is 0 Å². The second-order valence-electron chi connectivity index (χ2n) is 9.37. The van der Waals surface area contributed by atoms with E-state index in [0.717, 1.165) is 33.4 Å². The number of hydrogen-bond donors (Lipinski definition) is 1. The summed E-state index contributed by atoms with van der Waals surface area (Å²) in [5, 5.41) is 10.5. The fourth-order valence-corrected chi connectivity index (χ4v) is 5.26. The van der Waals surface area contributed by atoms with Gasteiger partial charge in [0.25, 0.3) is 0 Å². The molecule has 0 radical (unpaired) electrons. The van der Waals surface area contributed by atoms with Crippen molar-refractivity contribution in [1.82, 2.24) is 4.57 Å². The maximum absolute atomic E-state index is 14.2. The molecule has 0 aliphatic heterocycles. The molecule has 0 saturated carbocycles. The Morgan fingerprint density at radius 2 is 1.59 bits per heavy atom. The molecule has 1 aliphatic carbocycles. The third-order valence-corrected chi connectivity index (χ3v) is 6.98. The van der Waals surface area contributed by atoms with Crippen LogP contribution in [0.15, 0.2) is 84.9 Å². The number of benzene rings is 3. The Kier molecular flexibility index (Phi) is 5.70. The van der Waals surface area contributed by atoms with Crippen molar-refractivity contribution in [2.75, 3.05) is 4.90 Å². The molecule has 4 aromatic rings. The van der Waals surface area contributed by atoms with Crippen LogP contribution in [0.3, 0.4) is 0 Å². The lowest BCUT2D eigenvalue weighted by molar-refractivity contribution is -0.137. The van der Waals surface area contributed by atoms with E-state index in [-0.39, 0.29) is 12.5 Å². The Labute approximate surface area is 199 Å². The van der Waals surface area contributed by atoms with Crippen LogP contribution < -0.4 is 4.90 Å². The summed E-state index contributed by atoms with van der Waals surface area (Å²) in [5.74, 6) is -0.755. The van der Waals surface area contributed by atoms with Crippen molar-refractivity contribution < 1.29 is 14.7 Å². The van der Waals surface area contributed by atoms with Gasteiger partial charge in [0.2, 0.25) is 5.91 Å². The van der Waals surface area contributed by atoms with Gasteiger partial charge < -0.3 is 14.6 Å². The van der Waals surface area contributed by atoms with Crippen molar-refractivity contribution in [3.8, 4) is 0 Å². The molecule has 5 rings (SSSR count). The molecule has 5 heteroatoms. The van der Waals surface area contributed by atoms with Crippen LogP contribution in [0.2, 0.25) is 0 Å². The molecule has 0 fully saturated rings. The number of rotatable bonds is 6. The normalized spacial score (nSPS) is 17.3. The smallest absolute Gasteiger partial charge is 0.323 e. The number of aliphatic carboxylic acids is 1. The summed E-state index contributed by atoms with van der Waals surface area (Å²) >= 11 is 0. The molecule has 1 aliphatic rings. The summed E-state index contributed by atoms with van der Waals surface area (Å²) in [7, 11) is 0. The summed E-state index contributed by atoms with van der Waals surface area (Å²) in [5.41, 5.74) is 4.45. The Morgan fingerprint density at radius 1 is 0.941 bits per heavy atom. The van der Waals surface area contributed by atoms with Crippen LogP contribution in [0, 0.1) is 5.41 Å². The third-order valence-electron chi connectivity index (χ3n) is 6.98. The van der Waals surface area contributed by atoms with E-state index in [4.69, 9.17) is 0 Å². The van der Waals surface area contributed by atoms with Gasteiger partial charge in [-0.3, -0.25) is 9.59 Å². The molecule has 5 nitrogen and oxygen atoms in total. The van der Waals surface area contributed by atoms with Gasteiger partial charge >= 0.3 is 5.97 Å². The second kappa shape index (κ2) is 8.82. The number of carboxylic acid groups (broad SMARTS) is 1. The van der Waals surface area contributed by atoms with E-state index in [1.165, 1.54) is 0 Å². The highest BCUT2D eigenvalue weighted by Gasteiger charge is 2.42. The molecule has 1 heterocycles. The van der Waals surface area contributed by atoms with E-state index in [1.807, 2.05) is 94.4 Å². The molecule has 1 aromatic heterocycles. The zero-order valence-corrected chi connectivity index (χ0v) is 19.3. The molecule has 1 atom stereocenters. The molecule has 1 unspecified atom stereocenters. The second-order valence-corrected chi connectivity index (χ2v) is 9.37. The van der Waals surface area contributed by atoms with Crippen LogP contribution in [0.1, 0.15) is 30.2 Å². The SMILES string of the molecule is CC1(C(=O)N(Cc2ccccc2)c2ccccc2)CCc2c(c3ccccc3n2CC(=O)O)C1. The van der Waals surface area contributed by atoms with Gasteiger partial charge in [-0.25, -0.2) is 0 Å². The zero-order valence-electron chi connectivity index (χ0n) is 19.3. The Bertz CT molecular complexity index is 1340. The highest BCUT2D eigenvalue weighted by atomic mass is 16.4. The van der Waals surface area contributed by atoms with Gasteiger partial charge in [-0.1, -0.05) is 73.7 Å². The zero-order chi connectivity index (χ0) is 23.7. The van der Waals surface area contributed by atoms with Gasteiger partial charge in [0.15, 0.2) is 0 Å². The summed E-state index contributed by atoms with van der Waals surface area (Å²) in [6, 6.07) is 27.8. The monoisotopic (exact) mass is 452 g/mol. The first-order valence-electron chi connectivity index (χ1n) is 11.7. The molecule has 34 heavy (non-hydrogen) atoms. The van der Waals surface area contributed by atoms with Gasteiger partial charge in [0, 0.05) is 22.3 Å². The van der Waals surface area contributed by atoms with Crippen LogP contribution >= 0.6 is 0 Å². The van der Waals surface area contributed by atoms with Crippen molar-refractivity contribution >= 4 is 28.5 Å². The molecular weight excluding hydrogens is 424 g/mol. The number of carbonyl (C=O) groups is 2. The van der Waals surface area contributed by atoms with Crippen molar-refractivity contribution in [3.05, 3.63) is 102 Å². The number of para-hydroxylation sites is 2. The number of amides is 1. The van der Waals surface area contributed by atoms with Crippen molar-refractivity contribution in [3.63, 3.8) is 0 Å². The van der Waals surface area contributed by atoms with Crippen molar-refractivity contribution in [2.45, 2.75) is 39.3 Å². The quantitative estimate of drug-likeness (QED) is 0.423. The molecule has 0 saturated heterocycles. The Balaban J connectivity index is 1.54. The lowest BCUT2D eigenvalue weighted by Crippen LogP contribution is -2.45. The highest BCUT2D eigenvalue weighted by molar-refractivity contribution is 5.98. The van der Waals surface area contributed by atoms with Crippen molar-refractivity contribution in [1.29, 1.82) is 0 Å². The van der Waals surface area contributed by atoms with Crippen LogP contribution in [-0.2, 0) is 35.5 Å². The standard InChI is InChI=1S/C29H28N2O3/c1-29(28(34)30(22-12-6-3-7-13-22)19-21-10-4-2-5-11-21)17-16-26-24(18-29)23-14-8-9-15-25(23)31(26)20-27(32)33/h2-15H,16-20H2,1H3,(H,32,33). The van der Waals surface area contributed by atoms with E-state index < -0.39 is 11.4 Å². The Hall–Kier alpha value is -3.86. The fourth-order valence-electron chi connectivity index (χ4n) is 5.26. The number of fused-ring (bicyclic) bond motifs is 3. The topological polar surface area (TPSA) is 62.5 Å². The minimum Gasteiger partial charge on any atom is -0.480 e. The van der Waals surface area contributed by atoms with Crippen molar-refractivity contribution in [2.24, 2.45) is 5.41 Å². The van der Waals surface area contributed by atoms with Gasteiger partial charge in [0.1, 0.15) is 6.54 Å². The van der Waals surface area contributed by atoms with Gasteiger partial charge in [-0.15, -0.1) is 0 Å². The summed E-state index contributed by atoms with van der Waals surface area (Å²) in [6.45, 7) is 2.50. The number of hydrogen-bond acceptors (Lipinski definition) is 2. The number of anilines is 1. The molecule has 0 bridgehead atoms. The van der Waals surface area contributed by atoms with E-state index >= 15 is 0 Å². The molecule has 0 spiro atoms. The van der Waals surface area contributed by atoms with Gasteiger partial charge in [-0.05, 0) is 48.6 Å². The predicted molar refractivity (Wildman–Crippen MR) is 134 cm³/mol. The number of nitrogens with zero attached hydrogens (tertiary/aromatic N) is 2. The van der Waals surface area contributed by atoms with Crippen LogP contribution in [0.4, 0.5) is 5.69 Å². The number of aromatic nitrogens is 1. The highest BCUT2D eigenvalue weighted by Crippen LogP contribution is 2.42. The molecule has 3 aromatic carbocycles. The maximum Gasteiger partial charge on any atom is 0.323 e. The first kappa shape index (κ1) is 22.0. The van der Waals surface area contributed by atoms with Gasteiger partial charge in [0.05, 0.1) is 12.0 Å². The van der Waals surface area contributed by atoms with Crippen LogP contribution in [-0.4, -0.2) is 21.6 Å². The third kappa shape index (κ3) is 3.98.